The normalized spacial score (nSPS) is 11.5. The molecule has 0 N–H and O–H groups in total. The van der Waals surface area contributed by atoms with Crippen LogP contribution in [0.3, 0.4) is 0 Å². The van der Waals surface area contributed by atoms with E-state index in [1.807, 2.05) is 29.5 Å². The third kappa shape index (κ3) is 3.93. The van der Waals surface area contributed by atoms with Gasteiger partial charge in [0.2, 0.25) is 0 Å². The maximum Gasteiger partial charge on any atom is 0.135 e. The molecule has 2 aromatic heterocycles. The quantitative estimate of drug-likeness (QED) is 0.207. The van der Waals surface area contributed by atoms with Crippen LogP contribution < -0.4 is 0 Å². The molecule has 6 aromatic carbocycles. The van der Waals surface area contributed by atoms with E-state index in [2.05, 4.69) is 127 Å². The van der Waals surface area contributed by atoms with Gasteiger partial charge in [-0.25, -0.2) is 0 Å². The van der Waals surface area contributed by atoms with Crippen molar-refractivity contribution in [1.82, 2.24) is 0 Å². The van der Waals surface area contributed by atoms with Crippen LogP contribution in [0.25, 0.3) is 75.8 Å². The van der Waals surface area contributed by atoms with Gasteiger partial charge in [0.25, 0.3) is 0 Å². The Morgan fingerprint density at radius 2 is 0.900 bits per heavy atom. The van der Waals surface area contributed by atoms with Crippen LogP contribution in [0.15, 0.2) is 150 Å². The van der Waals surface area contributed by atoms with Gasteiger partial charge in [-0.2, -0.15) is 0 Å². The molecule has 0 aliphatic heterocycles. The highest BCUT2D eigenvalue weighted by Gasteiger charge is 2.12. The van der Waals surface area contributed by atoms with Crippen LogP contribution in [0.1, 0.15) is 0 Å². The number of hydrogen-bond acceptors (Lipinski definition) is 2. The Hall–Kier alpha value is -4.92. The standard InChI is InChI=1S/C38H24OS/c1-4-10-32-29(7-1)23-30-8-2-5-11-33(30)38(32)28-19-17-27(18-20-28)37-22-21-36(40-37)26-15-13-25(14-16-26)35-24-31-9-3-6-12-34(31)39-35/h1-24H. The average Bonchev–Trinajstić information content (AvgIpc) is 3.68. The van der Waals surface area contributed by atoms with E-state index in [0.717, 1.165) is 22.3 Å². The van der Waals surface area contributed by atoms with Crippen molar-refractivity contribution in [2.75, 3.05) is 0 Å². The predicted octanol–water partition coefficient (Wildman–Crippen LogP) is 11.5. The number of hydrogen-bond donors (Lipinski definition) is 0. The fraction of sp³-hybridized carbons (Fsp3) is 0. The van der Waals surface area contributed by atoms with Crippen molar-refractivity contribution in [1.29, 1.82) is 0 Å². The monoisotopic (exact) mass is 528 g/mol. The maximum absolute atomic E-state index is 6.05. The van der Waals surface area contributed by atoms with E-state index in [1.165, 1.54) is 53.6 Å². The van der Waals surface area contributed by atoms with Gasteiger partial charge in [-0.1, -0.05) is 115 Å². The fourth-order valence-electron chi connectivity index (χ4n) is 5.70. The third-order valence-corrected chi connectivity index (χ3v) is 8.90. The molecule has 8 rings (SSSR count). The molecule has 0 fully saturated rings. The van der Waals surface area contributed by atoms with E-state index < -0.39 is 0 Å². The van der Waals surface area contributed by atoms with Gasteiger partial charge in [-0.15, -0.1) is 11.3 Å². The first kappa shape index (κ1) is 23.0. The van der Waals surface area contributed by atoms with Crippen LogP contribution >= 0.6 is 11.3 Å². The number of para-hydroxylation sites is 1. The van der Waals surface area contributed by atoms with Crippen molar-refractivity contribution >= 4 is 43.9 Å². The van der Waals surface area contributed by atoms with Crippen molar-refractivity contribution in [3.8, 4) is 43.3 Å². The van der Waals surface area contributed by atoms with Crippen molar-refractivity contribution in [3.63, 3.8) is 0 Å². The van der Waals surface area contributed by atoms with Crippen molar-refractivity contribution in [3.05, 3.63) is 146 Å². The molecular formula is C38H24OS. The van der Waals surface area contributed by atoms with Crippen molar-refractivity contribution in [2.45, 2.75) is 0 Å². The zero-order valence-electron chi connectivity index (χ0n) is 21.7. The molecule has 0 radical (unpaired) electrons. The minimum absolute atomic E-state index is 0.902. The molecular weight excluding hydrogens is 504 g/mol. The Morgan fingerprint density at radius 1 is 0.400 bits per heavy atom. The lowest BCUT2D eigenvalue weighted by atomic mass is 9.91. The first-order valence-corrected chi connectivity index (χ1v) is 14.3. The highest BCUT2D eigenvalue weighted by molar-refractivity contribution is 7.18. The number of thiophene rings is 1. The molecule has 0 amide bonds. The summed E-state index contributed by atoms with van der Waals surface area (Å²) in [6.45, 7) is 0. The van der Waals surface area contributed by atoms with Crippen LogP contribution in [0.2, 0.25) is 0 Å². The Bertz CT molecular complexity index is 2060. The minimum atomic E-state index is 0.902. The molecule has 0 saturated heterocycles. The lowest BCUT2D eigenvalue weighted by molar-refractivity contribution is 0.631. The topological polar surface area (TPSA) is 13.1 Å². The molecule has 2 heteroatoms. The van der Waals surface area contributed by atoms with E-state index in [-0.39, 0.29) is 0 Å². The van der Waals surface area contributed by atoms with Gasteiger partial charge in [0.1, 0.15) is 11.3 Å². The Balaban J connectivity index is 1.10. The molecule has 188 valence electrons. The molecule has 40 heavy (non-hydrogen) atoms. The zero-order valence-corrected chi connectivity index (χ0v) is 22.5. The Kier molecular flexibility index (Phi) is 5.39. The summed E-state index contributed by atoms with van der Waals surface area (Å²) in [5.41, 5.74) is 7.02. The van der Waals surface area contributed by atoms with Crippen molar-refractivity contribution < 1.29 is 4.42 Å². The van der Waals surface area contributed by atoms with E-state index in [1.54, 1.807) is 0 Å². The number of rotatable bonds is 4. The molecule has 0 bridgehead atoms. The molecule has 1 nitrogen and oxygen atoms in total. The largest absolute Gasteiger partial charge is 0.456 e. The van der Waals surface area contributed by atoms with Crippen molar-refractivity contribution in [2.24, 2.45) is 0 Å². The lowest BCUT2D eigenvalue weighted by Gasteiger charge is -2.12. The highest BCUT2D eigenvalue weighted by atomic mass is 32.1. The summed E-state index contributed by atoms with van der Waals surface area (Å²) in [4.78, 5) is 2.53. The van der Waals surface area contributed by atoms with Crippen LogP contribution in [0.4, 0.5) is 0 Å². The first-order chi connectivity index (χ1) is 19.8. The fourth-order valence-corrected chi connectivity index (χ4v) is 6.71. The van der Waals surface area contributed by atoms with Gasteiger partial charge in [0, 0.05) is 20.7 Å². The second-order valence-electron chi connectivity index (χ2n) is 10.2. The van der Waals surface area contributed by atoms with Gasteiger partial charge >= 0.3 is 0 Å². The van der Waals surface area contributed by atoms with Crippen LogP contribution in [-0.2, 0) is 0 Å². The van der Waals surface area contributed by atoms with Crippen LogP contribution in [0.5, 0.6) is 0 Å². The number of benzene rings is 6. The molecule has 8 aromatic rings. The number of fused-ring (bicyclic) bond motifs is 3. The summed E-state index contributed by atoms with van der Waals surface area (Å²) >= 11 is 1.83. The SMILES string of the molecule is c1ccc2oc(-c3ccc(-c4ccc(-c5ccc(-c6c7ccccc7cc7ccccc67)cc5)s4)cc3)cc2c1. The lowest BCUT2D eigenvalue weighted by Crippen LogP contribution is -1.85. The smallest absolute Gasteiger partial charge is 0.135 e. The van der Waals surface area contributed by atoms with E-state index in [0.29, 0.717) is 0 Å². The Labute approximate surface area is 236 Å². The Morgan fingerprint density at radius 3 is 1.50 bits per heavy atom. The first-order valence-electron chi connectivity index (χ1n) is 13.5. The molecule has 2 heterocycles. The summed E-state index contributed by atoms with van der Waals surface area (Å²) in [6.07, 6.45) is 0. The minimum Gasteiger partial charge on any atom is -0.456 e. The predicted molar refractivity (Wildman–Crippen MR) is 171 cm³/mol. The second-order valence-corrected chi connectivity index (χ2v) is 11.2. The molecule has 0 atom stereocenters. The summed E-state index contributed by atoms with van der Waals surface area (Å²) < 4.78 is 6.05. The van der Waals surface area contributed by atoms with Gasteiger partial charge in [-0.3, -0.25) is 0 Å². The molecule has 0 unspecified atom stereocenters. The van der Waals surface area contributed by atoms with E-state index in [9.17, 15) is 0 Å². The maximum atomic E-state index is 6.05. The third-order valence-electron chi connectivity index (χ3n) is 7.71. The second kappa shape index (κ2) is 9.37. The number of furan rings is 1. The average molecular weight is 529 g/mol. The van der Waals surface area contributed by atoms with Gasteiger partial charge < -0.3 is 4.42 Å². The molecule has 0 aliphatic carbocycles. The van der Waals surface area contributed by atoms with E-state index >= 15 is 0 Å². The summed E-state index contributed by atoms with van der Waals surface area (Å²) in [6, 6.07) is 52.1. The zero-order chi connectivity index (χ0) is 26.5. The summed E-state index contributed by atoms with van der Waals surface area (Å²) in [7, 11) is 0. The van der Waals surface area contributed by atoms with Crippen LogP contribution in [-0.4, -0.2) is 0 Å². The van der Waals surface area contributed by atoms with E-state index in [4.69, 9.17) is 4.42 Å². The molecule has 0 spiro atoms. The summed E-state index contributed by atoms with van der Waals surface area (Å²) in [5, 5.41) is 6.25. The van der Waals surface area contributed by atoms with Crippen LogP contribution in [0, 0.1) is 0 Å². The molecule has 0 saturated carbocycles. The van der Waals surface area contributed by atoms with Gasteiger partial charge in [0.15, 0.2) is 0 Å². The highest BCUT2D eigenvalue weighted by Crippen LogP contribution is 2.39. The van der Waals surface area contributed by atoms with Gasteiger partial charge in [-0.05, 0) is 74.1 Å². The van der Waals surface area contributed by atoms with Gasteiger partial charge in [0.05, 0.1) is 0 Å². The molecule has 0 aliphatic rings. The summed E-state index contributed by atoms with van der Waals surface area (Å²) in [5.74, 6) is 0.902.